The molecule has 0 aliphatic heterocycles. The van der Waals surface area contributed by atoms with Gasteiger partial charge in [0, 0.05) is 10.8 Å². The van der Waals surface area contributed by atoms with Gasteiger partial charge in [-0.05, 0) is 12.5 Å². The Balaban J connectivity index is 2.04. The Bertz CT molecular complexity index is 821. The lowest BCUT2D eigenvalue weighted by atomic mass is 10.1. The molecule has 1 heterocycles. The fraction of sp³-hybridized carbons (Fsp3) is 0.118. The van der Waals surface area contributed by atoms with E-state index in [1.165, 1.54) is 11.8 Å². The largest absolute Gasteiger partial charge is 0.480 e. The lowest BCUT2D eigenvalue weighted by Crippen LogP contribution is -2.08. The fourth-order valence-electron chi connectivity index (χ4n) is 2.30. The molecule has 1 atom stereocenters. The topological polar surface area (TPSA) is 63.1 Å². The van der Waals surface area contributed by atoms with Crippen LogP contribution in [0, 0.1) is 6.92 Å². The van der Waals surface area contributed by atoms with E-state index in [1.807, 2.05) is 61.5 Å². The summed E-state index contributed by atoms with van der Waals surface area (Å²) in [7, 11) is 0. The Labute approximate surface area is 132 Å². The van der Waals surface area contributed by atoms with E-state index in [-0.39, 0.29) is 0 Å². The molecule has 1 aromatic heterocycles. The molecule has 0 aliphatic carbocycles. The van der Waals surface area contributed by atoms with Crippen molar-refractivity contribution in [3.8, 4) is 0 Å². The molecule has 0 saturated heterocycles. The van der Waals surface area contributed by atoms with E-state index in [9.17, 15) is 9.90 Å². The highest BCUT2D eigenvalue weighted by Gasteiger charge is 2.23. The summed E-state index contributed by atoms with van der Waals surface area (Å²) in [5.41, 5.74) is 1.58. The van der Waals surface area contributed by atoms with Gasteiger partial charge in [0.1, 0.15) is 10.3 Å². The van der Waals surface area contributed by atoms with Crippen LogP contribution in [0.2, 0.25) is 0 Å². The molecule has 5 heteroatoms. The Kier molecular flexibility index (Phi) is 4.06. The fourth-order valence-corrected chi connectivity index (χ4v) is 3.31. The molecular weight excluding hydrogens is 296 g/mol. The zero-order chi connectivity index (χ0) is 15.5. The molecule has 0 amide bonds. The number of hydrogen-bond acceptors (Lipinski definition) is 4. The number of carboxylic acids is 1. The second-order valence-corrected chi connectivity index (χ2v) is 5.98. The van der Waals surface area contributed by atoms with Crippen LogP contribution in [-0.4, -0.2) is 21.3 Å². The Morgan fingerprint density at radius 2 is 1.64 bits per heavy atom. The maximum Gasteiger partial charge on any atom is 0.321 e. The van der Waals surface area contributed by atoms with Crippen LogP contribution in [-0.2, 0) is 4.79 Å². The third-order valence-corrected chi connectivity index (χ3v) is 4.63. The summed E-state index contributed by atoms with van der Waals surface area (Å²) < 4.78 is 0. The molecule has 0 spiro atoms. The van der Waals surface area contributed by atoms with Gasteiger partial charge < -0.3 is 5.11 Å². The van der Waals surface area contributed by atoms with E-state index in [1.54, 1.807) is 0 Å². The summed E-state index contributed by atoms with van der Waals surface area (Å²) in [4.78, 5) is 11.6. The minimum absolute atomic E-state index is 0.637. The minimum Gasteiger partial charge on any atom is -0.480 e. The third-order valence-electron chi connectivity index (χ3n) is 3.39. The number of hydrogen-bond donors (Lipinski definition) is 1. The number of benzene rings is 2. The molecule has 110 valence electrons. The number of carboxylic acid groups (broad SMARTS) is 1. The van der Waals surface area contributed by atoms with Gasteiger partial charge in [0.2, 0.25) is 0 Å². The first kappa shape index (κ1) is 14.5. The molecule has 3 rings (SSSR count). The van der Waals surface area contributed by atoms with Crippen LogP contribution < -0.4 is 0 Å². The number of aromatic nitrogens is 2. The monoisotopic (exact) mass is 310 g/mol. The van der Waals surface area contributed by atoms with Crippen LogP contribution in [0.3, 0.4) is 0 Å². The summed E-state index contributed by atoms with van der Waals surface area (Å²) in [5, 5.41) is 19.8. The van der Waals surface area contributed by atoms with Gasteiger partial charge in [-0.2, -0.15) is 5.10 Å². The number of aliphatic carboxylic acids is 1. The number of nitrogens with zero attached hydrogens (tertiary/aromatic N) is 2. The van der Waals surface area contributed by atoms with Crippen molar-refractivity contribution < 1.29 is 9.90 Å². The normalized spacial score (nSPS) is 12.2. The van der Waals surface area contributed by atoms with Crippen LogP contribution in [0.5, 0.6) is 0 Å². The Morgan fingerprint density at radius 3 is 2.32 bits per heavy atom. The first-order valence-corrected chi connectivity index (χ1v) is 7.71. The third kappa shape index (κ3) is 2.80. The number of fused-ring (bicyclic) bond motifs is 1. The highest BCUT2D eigenvalue weighted by molar-refractivity contribution is 8.00. The maximum absolute atomic E-state index is 11.6. The van der Waals surface area contributed by atoms with E-state index in [0.717, 1.165) is 22.0 Å². The molecule has 0 bridgehead atoms. The van der Waals surface area contributed by atoms with Crippen molar-refractivity contribution in [3.05, 3.63) is 65.9 Å². The molecular formula is C17H14N2O2S. The second kappa shape index (κ2) is 6.15. The summed E-state index contributed by atoms with van der Waals surface area (Å²) in [5.74, 6) is -0.886. The number of rotatable bonds is 4. The predicted octanol–water partition coefficient (Wildman–Crippen LogP) is 3.86. The lowest BCUT2D eigenvalue weighted by molar-refractivity contribution is -0.136. The van der Waals surface area contributed by atoms with Crippen molar-refractivity contribution in [3.63, 3.8) is 0 Å². The summed E-state index contributed by atoms with van der Waals surface area (Å²) >= 11 is 1.21. The van der Waals surface area contributed by atoms with E-state index in [4.69, 9.17) is 0 Å². The van der Waals surface area contributed by atoms with Crippen LogP contribution in [0.4, 0.5) is 0 Å². The first-order valence-electron chi connectivity index (χ1n) is 6.83. The van der Waals surface area contributed by atoms with Gasteiger partial charge >= 0.3 is 5.97 Å². The van der Waals surface area contributed by atoms with Crippen molar-refractivity contribution in [2.24, 2.45) is 0 Å². The SMILES string of the molecule is Cc1nnc(SC(C(=O)O)c2ccccc2)c2ccccc12. The van der Waals surface area contributed by atoms with Gasteiger partial charge in [0.05, 0.1) is 5.69 Å². The van der Waals surface area contributed by atoms with Crippen LogP contribution in [0.1, 0.15) is 16.5 Å². The van der Waals surface area contributed by atoms with Gasteiger partial charge in [-0.3, -0.25) is 4.79 Å². The Morgan fingerprint density at radius 1 is 1.00 bits per heavy atom. The second-order valence-electron chi connectivity index (χ2n) is 4.88. The first-order chi connectivity index (χ1) is 10.7. The molecule has 22 heavy (non-hydrogen) atoms. The van der Waals surface area contributed by atoms with Crippen molar-refractivity contribution in [1.29, 1.82) is 0 Å². The maximum atomic E-state index is 11.6. The van der Waals surface area contributed by atoms with Crippen LogP contribution >= 0.6 is 11.8 Å². The van der Waals surface area contributed by atoms with Gasteiger partial charge in [-0.15, -0.1) is 5.10 Å². The van der Waals surface area contributed by atoms with E-state index in [0.29, 0.717) is 5.03 Å². The lowest BCUT2D eigenvalue weighted by Gasteiger charge is -2.13. The zero-order valence-electron chi connectivity index (χ0n) is 11.9. The number of carbonyl (C=O) groups is 1. The Hall–Kier alpha value is -2.40. The van der Waals surface area contributed by atoms with Crippen LogP contribution in [0.25, 0.3) is 10.8 Å². The average Bonchev–Trinajstić information content (AvgIpc) is 2.55. The van der Waals surface area contributed by atoms with E-state index >= 15 is 0 Å². The summed E-state index contributed by atoms with van der Waals surface area (Å²) in [6, 6.07) is 17.0. The molecule has 1 N–H and O–H groups in total. The molecule has 1 unspecified atom stereocenters. The number of thioether (sulfide) groups is 1. The van der Waals surface area contributed by atoms with Gasteiger partial charge in [0.25, 0.3) is 0 Å². The van der Waals surface area contributed by atoms with E-state index in [2.05, 4.69) is 10.2 Å². The molecule has 2 aromatic carbocycles. The van der Waals surface area contributed by atoms with Crippen molar-refractivity contribution in [2.75, 3.05) is 0 Å². The van der Waals surface area contributed by atoms with Gasteiger partial charge in [-0.1, -0.05) is 66.4 Å². The van der Waals surface area contributed by atoms with E-state index < -0.39 is 11.2 Å². The summed E-state index contributed by atoms with van der Waals surface area (Å²) in [6.45, 7) is 1.90. The molecule has 0 aliphatic rings. The number of aryl methyl sites for hydroxylation is 1. The molecule has 0 fully saturated rings. The highest BCUT2D eigenvalue weighted by Crippen LogP contribution is 2.37. The van der Waals surface area contributed by atoms with Crippen LogP contribution in [0.15, 0.2) is 59.6 Å². The molecule has 3 aromatic rings. The smallest absolute Gasteiger partial charge is 0.321 e. The van der Waals surface area contributed by atoms with Gasteiger partial charge in [-0.25, -0.2) is 0 Å². The van der Waals surface area contributed by atoms with Crippen molar-refractivity contribution in [2.45, 2.75) is 17.2 Å². The highest BCUT2D eigenvalue weighted by atomic mass is 32.2. The quantitative estimate of drug-likeness (QED) is 0.741. The minimum atomic E-state index is -0.886. The summed E-state index contributed by atoms with van der Waals surface area (Å²) in [6.07, 6.45) is 0. The molecule has 0 saturated carbocycles. The van der Waals surface area contributed by atoms with Gasteiger partial charge in [0.15, 0.2) is 0 Å². The zero-order valence-corrected chi connectivity index (χ0v) is 12.7. The average molecular weight is 310 g/mol. The molecule has 4 nitrogen and oxygen atoms in total. The molecule has 0 radical (unpaired) electrons. The standard InChI is InChI=1S/C17H14N2O2S/c1-11-13-9-5-6-10-14(13)16(19-18-11)22-15(17(20)21)12-7-3-2-4-8-12/h2-10,15H,1H3,(H,20,21). The predicted molar refractivity (Wildman–Crippen MR) is 87.0 cm³/mol. The van der Waals surface area contributed by atoms with Crippen molar-refractivity contribution in [1.82, 2.24) is 10.2 Å². The van der Waals surface area contributed by atoms with Crippen molar-refractivity contribution >= 4 is 28.5 Å².